The maximum Gasteiger partial charge on any atom is 0.309 e. The quantitative estimate of drug-likeness (QED) is 0.630. The molecule has 0 radical (unpaired) electrons. The molecular formula is C20H34O2. The Balaban J connectivity index is 1.82. The number of carbonyl (C=O) groups is 1. The van der Waals surface area contributed by atoms with E-state index < -0.39 is 0 Å². The van der Waals surface area contributed by atoms with Crippen molar-refractivity contribution in [3.05, 3.63) is 0 Å². The van der Waals surface area contributed by atoms with Crippen molar-refractivity contribution in [2.24, 2.45) is 35.5 Å². The number of ether oxygens (including phenoxy) is 1. The Morgan fingerprint density at radius 1 is 1.05 bits per heavy atom. The Kier molecular flexibility index (Phi) is 4.58. The SMILES string of the molecule is CCC(C)C(=O)OC1(CCC(C)C)C2CC3CC(C2)CC1C3. The molecule has 1 unspecified atom stereocenters. The summed E-state index contributed by atoms with van der Waals surface area (Å²) in [6.45, 7) is 8.69. The fraction of sp³-hybridized carbons (Fsp3) is 0.950. The summed E-state index contributed by atoms with van der Waals surface area (Å²) in [4.78, 5) is 12.6. The molecule has 0 spiro atoms. The monoisotopic (exact) mass is 306 g/mol. The fourth-order valence-corrected chi connectivity index (χ4v) is 5.58. The van der Waals surface area contributed by atoms with Gasteiger partial charge in [-0.1, -0.05) is 27.7 Å². The molecule has 0 N–H and O–H groups in total. The summed E-state index contributed by atoms with van der Waals surface area (Å²) < 4.78 is 6.38. The molecule has 126 valence electrons. The summed E-state index contributed by atoms with van der Waals surface area (Å²) in [5.41, 5.74) is -0.113. The van der Waals surface area contributed by atoms with Crippen molar-refractivity contribution in [2.75, 3.05) is 0 Å². The molecular weight excluding hydrogens is 272 g/mol. The van der Waals surface area contributed by atoms with Crippen LogP contribution in [0.25, 0.3) is 0 Å². The summed E-state index contributed by atoms with van der Waals surface area (Å²) in [5.74, 6) is 3.96. The van der Waals surface area contributed by atoms with Gasteiger partial charge in [-0.05, 0) is 81.0 Å². The van der Waals surface area contributed by atoms with Gasteiger partial charge in [0.1, 0.15) is 5.60 Å². The van der Waals surface area contributed by atoms with Crippen LogP contribution in [-0.4, -0.2) is 11.6 Å². The molecule has 4 aliphatic carbocycles. The highest BCUT2D eigenvalue weighted by Crippen LogP contribution is 2.61. The van der Waals surface area contributed by atoms with Gasteiger partial charge in [-0.3, -0.25) is 4.79 Å². The molecule has 0 amide bonds. The molecule has 1 atom stereocenters. The highest BCUT2D eigenvalue weighted by Gasteiger charge is 2.59. The molecule has 4 saturated carbocycles. The first-order chi connectivity index (χ1) is 10.4. The molecule has 4 bridgehead atoms. The zero-order chi connectivity index (χ0) is 15.9. The second-order valence-corrected chi connectivity index (χ2v) is 8.92. The third-order valence-corrected chi connectivity index (χ3v) is 6.94. The van der Waals surface area contributed by atoms with Crippen LogP contribution in [0.4, 0.5) is 0 Å². The van der Waals surface area contributed by atoms with Gasteiger partial charge < -0.3 is 4.74 Å². The Labute approximate surface area is 136 Å². The molecule has 4 rings (SSSR count). The Morgan fingerprint density at radius 2 is 1.59 bits per heavy atom. The molecule has 0 heterocycles. The van der Waals surface area contributed by atoms with Crippen LogP contribution in [0.5, 0.6) is 0 Å². The second kappa shape index (κ2) is 6.17. The lowest BCUT2D eigenvalue weighted by Gasteiger charge is -2.60. The Hall–Kier alpha value is -0.530. The van der Waals surface area contributed by atoms with Gasteiger partial charge in [0.2, 0.25) is 0 Å². The number of esters is 1. The van der Waals surface area contributed by atoms with Gasteiger partial charge in [0.25, 0.3) is 0 Å². The number of carbonyl (C=O) groups excluding carboxylic acids is 1. The van der Waals surface area contributed by atoms with Gasteiger partial charge in [-0.25, -0.2) is 0 Å². The highest BCUT2D eigenvalue weighted by molar-refractivity contribution is 5.72. The van der Waals surface area contributed by atoms with Crippen molar-refractivity contribution < 1.29 is 9.53 Å². The van der Waals surface area contributed by atoms with Crippen LogP contribution in [0.15, 0.2) is 0 Å². The van der Waals surface area contributed by atoms with Crippen LogP contribution in [0, 0.1) is 35.5 Å². The van der Waals surface area contributed by atoms with Crippen molar-refractivity contribution in [3.8, 4) is 0 Å². The summed E-state index contributed by atoms with van der Waals surface area (Å²) in [5, 5.41) is 0. The van der Waals surface area contributed by atoms with Crippen LogP contribution in [0.2, 0.25) is 0 Å². The summed E-state index contributed by atoms with van der Waals surface area (Å²) in [7, 11) is 0. The molecule has 4 fully saturated rings. The number of rotatable bonds is 6. The third kappa shape index (κ3) is 2.83. The molecule has 0 aromatic heterocycles. The maximum atomic E-state index is 12.6. The van der Waals surface area contributed by atoms with Crippen molar-refractivity contribution >= 4 is 5.97 Å². The first-order valence-electron chi connectivity index (χ1n) is 9.67. The number of hydrogen-bond donors (Lipinski definition) is 0. The van der Waals surface area contributed by atoms with E-state index in [1.54, 1.807) is 0 Å². The van der Waals surface area contributed by atoms with E-state index in [-0.39, 0.29) is 17.5 Å². The van der Waals surface area contributed by atoms with Crippen LogP contribution in [0.1, 0.15) is 79.1 Å². The lowest BCUT2D eigenvalue weighted by molar-refractivity contribution is -0.216. The predicted molar refractivity (Wildman–Crippen MR) is 89.4 cm³/mol. The van der Waals surface area contributed by atoms with E-state index in [9.17, 15) is 4.79 Å². The molecule has 2 nitrogen and oxygen atoms in total. The molecule has 2 heteroatoms. The van der Waals surface area contributed by atoms with E-state index in [4.69, 9.17) is 4.74 Å². The smallest absolute Gasteiger partial charge is 0.309 e. The highest BCUT2D eigenvalue weighted by atomic mass is 16.6. The fourth-order valence-electron chi connectivity index (χ4n) is 5.58. The molecule has 4 aliphatic rings. The van der Waals surface area contributed by atoms with E-state index in [1.165, 1.54) is 38.5 Å². The molecule has 0 aliphatic heterocycles. The third-order valence-electron chi connectivity index (χ3n) is 6.94. The standard InChI is InChI=1S/C20H34O2/c1-5-14(4)19(21)22-20(7-6-13(2)3)17-9-15-8-16(11-17)12-18(20)10-15/h13-18H,5-12H2,1-4H3. The van der Waals surface area contributed by atoms with Crippen LogP contribution in [-0.2, 0) is 9.53 Å². The summed E-state index contributed by atoms with van der Waals surface area (Å²) in [6.07, 6.45) is 9.90. The zero-order valence-corrected chi connectivity index (χ0v) is 14.9. The molecule has 22 heavy (non-hydrogen) atoms. The minimum atomic E-state index is -0.113. The molecule has 0 aromatic rings. The lowest BCUT2D eigenvalue weighted by Crippen LogP contribution is -2.60. The Bertz CT molecular complexity index is 384. The van der Waals surface area contributed by atoms with Crippen LogP contribution >= 0.6 is 0 Å². The average Bonchev–Trinajstić information content (AvgIpc) is 2.47. The van der Waals surface area contributed by atoms with E-state index in [2.05, 4.69) is 20.8 Å². The second-order valence-electron chi connectivity index (χ2n) is 8.92. The lowest BCUT2D eigenvalue weighted by atomic mass is 9.49. The topological polar surface area (TPSA) is 26.3 Å². The van der Waals surface area contributed by atoms with Crippen molar-refractivity contribution in [2.45, 2.75) is 84.7 Å². The van der Waals surface area contributed by atoms with Crippen LogP contribution in [0.3, 0.4) is 0 Å². The van der Waals surface area contributed by atoms with E-state index in [1.807, 2.05) is 6.92 Å². The maximum absolute atomic E-state index is 12.6. The van der Waals surface area contributed by atoms with Gasteiger partial charge in [-0.2, -0.15) is 0 Å². The van der Waals surface area contributed by atoms with Gasteiger partial charge in [0.05, 0.1) is 5.92 Å². The van der Waals surface area contributed by atoms with E-state index >= 15 is 0 Å². The first-order valence-corrected chi connectivity index (χ1v) is 9.67. The van der Waals surface area contributed by atoms with Gasteiger partial charge in [-0.15, -0.1) is 0 Å². The normalized spacial score (nSPS) is 41.0. The van der Waals surface area contributed by atoms with E-state index in [0.717, 1.165) is 24.7 Å². The minimum Gasteiger partial charge on any atom is -0.458 e. The van der Waals surface area contributed by atoms with Gasteiger partial charge >= 0.3 is 5.97 Å². The van der Waals surface area contributed by atoms with Crippen molar-refractivity contribution in [3.63, 3.8) is 0 Å². The summed E-state index contributed by atoms with van der Waals surface area (Å²) >= 11 is 0. The van der Waals surface area contributed by atoms with Crippen molar-refractivity contribution in [1.29, 1.82) is 0 Å². The average molecular weight is 306 g/mol. The molecule has 0 saturated heterocycles. The van der Waals surface area contributed by atoms with E-state index in [0.29, 0.717) is 17.8 Å². The van der Waals surface area contributed by atoms with Gasteiger partial charge in [0.15, 0.2) is 0 Å². The number of hydrogen-bond acceptors (Lipinski definition) is 2. The summed E-state index contributed by atoms with van der Waals surface area (Å²) in [6, 6.07) is 0. The van der Waals surface area contributed by atoms with Crippen LogP contribution < -0.4 is 0 Å². The zero-order valence-electron chi connectivity index (χ0n) is 14.9. The largest absolute Gasteiger partial charge is 0.458 e. The molecule has 0 aromatic carbocycles. The van der Waals surface area contributed by atoms with Gasteiger partial charge in [0, 0.05) is 0 Å². The first kappa shape index (κ1) is 16.3. The minimum absolute atomic E-state index is 0.0492. The van der Waals surface area contributed by atoms with Crippen molar-refractivity contribution in [1.82, 2.24) is 0 Å². The predicted octanol–water partition coefficient (Wildman–Crippen LogP) is 5.21. The Morgan fingerprint density at radius 3 is 2.05 bits per heavy atom.